The third kappa shape index (κ3) is 2.06. The van der Waals surface area contributed by atoms with E-state index in [1.165, 1.54) is 0 Å². The van der Waals surface area contributed by atoms with E-state index in [1.54, 1.807) is 19.2 Å². The summed E-state index contributed by atoms with van der Waals surface area (Å²) in [6.45, 7) is 1.80. The Morgan fingerprint density at radius 2 is 2.36 bits per heavy atom. The van der Waals surface area contributed by atoms with E-state index in [4.69, 9.17) is 5.11 Å². The first kappa shape index (κ1) is 7.77. The lowest BCUT2D eigenvalue weighted by Crippen LogP contribution is -1.86. The van der Waals surface area contributed by atoms with Crippen LogP contribution in [0.1, 0.15) is 18.2 Å². The Kier molecular flexibility index (Phi) is 2.65. The second-order valence-electron chi connectivity index (χ2n) is 2.08. The molecule has 56 valence electrons. The lowest BCUT2D eigenvalue weighted by molar-refractivity contribution is 0.281. The van der Waals surface area contributed by atoms with Crippen LogP contribution in [-0.2, 0) is 6.61 Å². The highest BCUT2D eigenvalue weighted by molar-refractivity contribution is 5.28. The van der Waals surface area contributed by atoms with Gasteiger partial charge in [-0.05, 0) is 24.5 Å². The van der Waals surface area contributed by atoms with E-state index in [0.717, 1.165) is 11.3 Å². The van der Waals surface area contributed by atoms with Crippen molar-refractivity contribution in [3.63, 3.8) is 0 Å². The Balaban J connectivity index is 2.88. The second-order valence-corrected chi connectivity index (χ2v) is 2.08. The van der Waals surface area contributed by atoms with Gasteiger partial charge in [0.05, 0.1) is 6.61 Å². The number of aliphatic hydroxyl groups is 1. The molecule has 0 aliphatic rings. The average Bonchev–Trinajstić information content (AvgIpc) is 2.07. The van der Waals surface area contributed by atoms with Crippen LogP contribution in [0.3, 0.4) is 0 Å². The van der Waals surface area contributed by atoms with Crippen LogP contribution in [0.15, 0.2) is 18.3 Å². The Hall–Kier alpha value is -1.33. The first-order chi connectivity index (χ1) is 5.36. The zero-order chi connectivity index (χ0) is 8.10. The molecule has 1 N–H and O–H groups in total. The van der Waals surface area contributed by atoms with Crippen LogP contribution in [-0.4, -0.2) is 10.1 Å². The first-order valence-electron chi connectivity index (χ1n) is 3.35. The zero-order valence-electron chi connectivity index (χ0n) is 6.33. The molecule has 0 spiro atoms. The molecule has 2 heteroatoms. The number of pyridine rings is 1. The molecule has 0 unspecified atom stereocenters. The Morgan fingerprint density at radius 1 is 1.55 bits per heavy atom. The zero-order valence-corrected chi connectivity index (χ0v) is 6.33. The quantitative estimate of drug-likeness (QED) is 0.600. The summed E-state index contributed by atoms with van der Waals surface area (Å²) in [4.78, 5) is 4.01. The smallest absolute Gasteiger partial charge is 0.113 e. The molecule has 2 nitrogen and oxygen atoms in total. The highest BCUT2D eigenvalue weighted by atomic mass is 16.3. The van der Waals surface area contributed by atoms with Gasteiger partial charge < -0.3 is 5.11 Å². The minimum absolute atomic E-state index is 0.0346. The van der Waals surface area contributed by atoms with Crippen molar-refractivity contribution in [1.82, 2.24) is 4.98 Å². The Labute approximate surface area is 65.9 Å². The normalized spacial score (nSPS) is 8.55. The largest absolute Gasteiger partial charge is 0.392 e. The van der Waals surface area contributed by atoms with Gasteiger partial charge in [-0.15, -0.1) is 0 Å². The number of aromatic nitrogens is 1. The number of hydrogen-bond acceptors (Lipinski definition) is 2. The van der Waals surface area contributed by atoms with E-state index in [2.05, 4.69) is 16.8 Å². The Morgan fingerprint density at radius 3 is 2.82 bits per heavy atom. The summed E-state index contributed by atoms with van der Waals surface area (Å²) in [6, 6.07) is 3.61. The fraction of sp³-hybridized carbons (Fsp3) is 0.222. The van der Waals surface area contributed by atoms with Gasteiger partial charge in [0.2, 0.25) is 0 Å². The van der Waals surface area contributed by atoms with Gasteiger partial charge in [0.15, 0.2) is 0 Å². The van der Waals surface area contributed by atoms with Crippen molar-refractivity contribution in [2.24, 2.45) is 0 Å². The fourth-order valence-electron chi connectivity index (χ4n) is 0.720. The van der Waals surface area contributed by atoms with Gasteiger partial charge in [0.1, 0.15) is 5.69 Å². The molecule has 1 aromatic heterocycles. The lowest BCUT2D eigenvalue weighted by atomic mass is 10.2. The van der Waals surface area contributed by atoms with Gasteiger partial charge in [-0.2, -0.15) is 0 Å². The Bertz CT molecular complexity index is 279. The molecule has 0 radical (unpaired) electrons. The van der Waals surface area contributed by atoms with Crippen molar-refractivity contribution in [3.05, 3.63) is 29.6 Å². The highest BCUT2D eigenvalue weighted by Gasteiger charge is 1.89. The van der Waals surface area contributed by atoms with Crippen molar-refractivity contribution < 1.29 is 5.11 Å². The van der Waals surface area contributed by atoms with Crippen molar-refractivity contribution in [3.8, 4) is 11.8 Å². The third-order valence-corrected chi connectivity index (χ3v) is 1.26. The molecule has 0 amide bonds. The van der Waals surface area contributed by atoms with Crippen LogP contribution >= 0.6 is 0 Å². The van der Waals surface area contributed by atoms with Gasteiger partial charge in [-0.1, -0.05) is 12.0 Å². The molecular weight excluding hydrogens is 138 g/mol. The van der Waals surface area contributed by atoms with Crippen molar-refractivity contribution in [2.75, 3.05) is 0 Å². The maximum Gasteiger partial charge on any atom is 0.113 e. The second kappa shape index (κ2) is 3.75. The standard InChI is InChI=1S/C9H9NO/c1-2-3-9-5-4-8(7-11)6-10-9/h4-6,11H,7H2,1H3. The van der Waals surface area contributed by atoms with E-state index in [9.17, 15) is 0 Å². The molecule has 1 heterocycles. The minimum Gasteiger partial charge on any atom is -0.392 e. The summed E-state index contributed by atoms with van der Waals surface area (Å²) < 4.78 is 0. The topological polar surface area (TPSA) is 33.1 Å². The fourth-order valence-corrected chi connectivity index (χ4v) is 0.720. The first-order valence-corrected chi connectivity index (χ1v) is 3.35. The molecule has 0 aromatic carbocycles. The average molecular weight is 147 g/mol. The summed E-state index contributed by atoms with van der Waals surface area (Å²) in [7, 11) is 0. The predicted octanol–water partition coefficient (Wildman–Crippen LogP) is 0.945. The van der Waals surface area contributed by atoms with Crippen molar-refractivity contribution >= 4 is 0 Å². The molecule has 0 saturated carbocycles. The third-order valence-electron chi connectivity index (χ3n) is 1.26. The lowest BCUT2D eigenvalue weighted by Gasteiger charge is -1.93. The van der Waals surface area contributed by atoms with Crippen LogP contribution in [0.5, 0.6) is 0 Å². The van der Waals surface area contributed by atoms with Crippen molar-refractivity contribution in [2.45, 2.75) is 13.5 Å². The van der Waals surface area contributed by atoms with Gasteiger partial charge in [0.25, 0.3) is 0 Å². The maximum absolute atomic E-state index is 8.68. The monoisotopic (exact) mass is 147 g/mol. The number of rotatable bonds is 1. The minimum atomic E-state index is 0.0346. The van der Waals surface area contributed by atoms with Crippen LogP contribution in [0, 0.1) is 11.8 Å². The van der Waals surface area contributed by atoms with Crippen LogP contribution in [0.2, 0.25) is 0 Å². The van der Waals surface area contributed by atoms with Gasteiger partial charge in [-0.25, -0.2) is 4.98 Å². The summed E-state index contributed by atoms with van der Waals surface area (Å²) in [6.07, 6.45) is 1.62. The van der Waals surface area contributed by atoms with Gasteiger partial charge >= 0.3 is 0 Å². The van der Waals surface area contributed by atoms with E-state index < -0.39 is 0 Å². The molecule has 0 aliphatic heterocycles. The summed E-state index contributed by atoms with van der Waals surface area (Å²) >= 11 is 0. The van der Waals surface area contributed by atoms with Crippen LogP contribution in [0.4, 0.5) is 0 Å². The molecular formula is C9H9NO. The van der Waals surface area contributed by atoms with E-state index >= 15 is 0 Å². The van der Waals surface area contributed by atoms with E-state index in [1.807, 2.05) is 6.07 Å². The summed E-state index contributed by atoms with van der Waals surface area (Å²) in [5.41, 5.74) is 1.55. The van der Waals surface area contributed by atoms with E-state index in [-0.39, 0.29) is 6.61 Å². The van der Waals surface area contributed by atoms with Gasteiger partial charge in [-0.3, -0.25) is 0 Å². The van der Waals surface area contributed by atoms with E-state index in [0.29, 0.717) is 0 Å². The predicted molar refractivity (Wildman–Crippen MR) is 42.7 cm³/mol. The van der Waals surface area contributed by atoms with Gasteiger partial charge in [0, 0.05) is 6.20 Å². The summed E-state index contributed by atoms with van der Waals surface area (Å²) in [5.74, 6) is 5.56. The molecule has 1 aromatic rings. The molecule has 0 bridgehead atoms. The number of aliphatic hydroxyl groups excluding tert-OH is 1. The maximum atomic E-state index is 8.68. The summed E-state index contributed by atoms with van der Waals surface area (Å²) in [5, 5.41) is 8.68. The van der Waals surface area contributed by atoms with Crippen LogP contribution in [0.25, 0.3) is 0 Å². The molecule has 11 heavy (non-hydrogen) atoms. The highest BCUT2D eigenvalue weighted by Crippen LogP contribution is 1.97. The molecule has 0 aliphatic carbocycles. The molecule has 0 fully saturated rings. The number of hydrogen-bond donors (Lipinski definition) is 1. The van der Waals surface area contributed by atoms with Crippen molar-refractivity contribution in [1.29, 1.82) is 0 Å². The van der Waals surface area contributed by atoms with Crippen LogP contribution < -0.4 is 0 Å². The molecule has 0 saturated heterocycles. The molecule has 1 rings (SSSR count). The number of nitrogens with zero attached hydrogens (tertiary/aromatic N) is 1. The molecule has 0 atom stereocenters. The SMILES string of the molecule is CC#Cc1ccc(CO)cn1.